The van der Waals surface area contributed by atoms with Crippen LogP contribution in [0.15, 0.2) is 0 Å². The number of hydrogen-bond donors (Lipinski definition) is 1. The number of Topliss-reactive ketones (excluding diaryl/α,β-unsaturated/α-hetero) is 1. The molecule has 0 aromatic heterocycles. The third-order valence-electron chi connectivity index (χ3n) is 2.98. The zero-order chi connectivity index (χ0) is 18.5. The Balaban J connectivity index is 4.64. The first-order valence-corrected chi connectivity index (χ1v) is 7.63. The maximum absolute atomic E-state index is 12.1. The van der Waals surface area contributed by atoms with Gasteiger partial charge in [-0.15, -0.1) is 0 Å². The molecule has 9 nitrogen and oxygen atoms in total. The Labute approximate surface area is 141 Å². The predicted octanol–water partition coefficient (Wildman–Crippen LogP) is 0.124. The highest BCUT2D eigenvalue weighted by molar-refractivity contribution is 6.25. The van der Waals surface area contributed by atoms with Crippen molar-refractivity contribution in [3.63, 3.8) is 0 Å². The molecule has 0 radical (unpaired) electrons. The fourth-order valence-corrected chi connectivity index (χ4v) is 1.59. The largest absolute Gasteiger partial charge is 0.462 e. The second-order valence-electron chi connectivity index (χ2n) is 5.28. The quantitative estimate of drug-likeness (QED) is 0.176. The number of esters is 1. The van der Waals surface area contributed by atoms with Crippen LogP contribution in [-0.4, -0.2) is 67.2 Å². The van der Waals surface area contributed by atoms with Crippen LogP contribution < -0.4 is 5.32 Å². The third kappa shape index (κ3) is 9.83. The van der Waals surface area contributed by atoms with E-state index in [4.69, 9.17) is 19.7 Å². The number of nitrogens with zero attached hydrogens (tertiary/aromatic N) is 2. The second-order valence-corrected chi connectivity index (χ2v) is 5.28. The van der Waals surface area contributed by atoms with Crippen molar-refractivity contribution in [2.45, 2.75) is 51.9 Å². The van der Waals surface area contributed by atoms with Gasteiger partial charge in [-0.05, 0) is 27.2 Å². The Morgan fingerprint density at radius 3 is 2.42 bits per heavy atom. The highest BCUT2D eigenvalue weighted by atomic mass is 16.6. The first-order valence-electron chi connectivity index (χ1n) is 7.63. The van der Waals surface area contributed by atoms with Crippen LogP contribution in [0.4, 0.5) is 0 Å². The maximum Gasteiger partial charge on any atom is 0.328 e. The number of rotatable bonds is 12. The van der Waals surface area contributed by atoms with Crippen molar-refractivity contribution >= 4 is 23.9 Å². The summed E-state index contributed by atoms with van der Waals surface area (Å²) in [4.78, 5) is 37.9. The van der Waals surface area contributed by atoms with Crippen molar-refractivity contribution in [2.75, 3.05) is 20.3 Å². The smallest absolute Gasteiger partial charge is 0.328 e. The van der Waals surface area contributed by atoms with Crippen LogP contribution in [0.2, 0.25) is 0 Å². The normalized spacial score (nSPS) is 12.9. The molecule has 0 aliphatic heterocycles. The number of hydrogen-bond acceptors (Lipinski definition) is 6. The molecule has 0 bridgehead atoms. The lowest BCUT2D eigenvalue weighted by atomic mass is 10.1. The first kappa shape index (κ1) is 21.9. The van der Waals surface area contributed by atoms with Crippen LogP contribution in [0, 0.1) is 0 Å². The molecule has 136 valence electrons. The van der Waals surface area contributed by atoms with E-state index in [-0.39, 0.29) is 32.2 Å². The molecule has 1 amide bonds. The van der Waals surface area contributed by atoms with Gasteiger partial charge in [0.05, 0.1) is 12.7 Å². The summed E-state index contributed by atoms with van der Waals surface area (Å²) < 4.78 is 15.2. The summed E-state index contributed by atoms with van der Waals surface area (Å²) in [6.45, 7) is 5.50. The molecule has 0 aromatic carbocycles. The Kier molecular flexibility index (Phi) is 11.3. The Morgan fingerprint density at radius 2 is 1.88 bits per heavy atom. The van der Waals surface area contributed by atoms with Crippen LogP contribution >= 0.6 is 0 Å². The lowest BCUT2D eigenvalue weighted by molar-refractivity contribution is -0.151. The molecule has 2 atom stereocenters. The summed E-state index contributed by atoms with van der Waals surface area (Å²) in [6, 6.07) is -1.01. The molecule has 0 heterocycles. The fraction of sp³-hybridized carbons (Fsp3) is 0.733. The maximum atomic E-state index is 12.1. The second kappa shape index (κ2) is 12.3. The lowest BCUT2D eigenvalue weighted by Gasteiger charge is -2.19. The summed E-state index contributed by atoms with van der Waals surface area (Å²) in [6.07, 6.45) is -0.0833. The van der Waals surface area contributed by atoms with Gasteiger partial charge in [-0.2, -0.15) is 4.79 Å². The highest BCUT2D eigenvalue weighted by Gasteiger charge is 2.25. The van der Waals surface area contributed by atoms with E-state index in [2.05, 4.69) is 10.1 Å². The molecular formula is C15H25N3O6. The molecule has 0 saturated heterocycles. The number of ether oxygens (including phenoxy) is 3. The predicted molar refractivity (Wildman–Crippen MR) is 84.4 cm³/mol. The standard InChI is InChI=1S/C15H25N3O6/c1-10(2)23-7-8-24-15(21)13(6-5-12(19)9-17-16)18-14(20)11(3)22-4/h9-11,13H,5-8H2,1-4H3,(H,18,20)/t11-,13+/m1/s1. The average Bonchev–Trinajstić information content (AvgIpc) is 2.54. The SMILES string of the molecule is CO[C@H](C)C(=O)N[C@@H](CCC(=O)C=[N+]=[N-])C(=O)OCCOC(C)C. The van der Waals surface area contributed by atoms with E-state index in [0.29, 0.717) is 0 Å². The van der Waals surface area contributed by atoms with Gasteiger partial charge in [0.1, 0.15) is 18.8 Å². The molecule has 0 spiro atoms. The third-order valence-corrected chi connectivity index (χ3v) is 2.98. The van der Waals surface area contributed by atoms with Crippen LogP contribution in [0.5, 0.6) is 0 Å². The molecular weight excluding hydrogens is 318 g/mol. The molecule has 0 aromatic rings. The fourth-order valence-electron chi connectivity index (χ4n) is 1.59. The molecule has 0 aliphatic carbocycles. The Bertz CT molecular complexity index is 474. The topological polar surface area (TPSA) is 127 Å². The molecule has 24 heavy (non-hydrogen) atoms. The van der Waals surface area contributed by atoms with Crippen LogP contribution in [0.25, 0.3) is 5.53 Å². The number of amides is 1. The monoisotopic (exact) mass is 343 g/mol. The minimum absolute atomic E-state index is 0.0108. The molecule has 0 rings (SSSR count). The van der Waals surface area contributed by atoms with Crippen LogP contribution in [-0.2, 0) is 28.6 Å². The van der Waals surface area contributed by atoms with Gasteiger partial charge in [0.25, 0.3) is 0 Å². The van der Waals surface area contributed by atoms with Gasteiger partial charge in [0, 0.05) is 13.5 Å². The zero-order valence-corrected chi connectivity index (χ0v) is 14.5. The van der Waals surface area contributed by atoms with Gasteiger partial charge in [-0.3, -0.25) is 9.59 Å². The summed E-state index contributed by atoms with van der Waals surface area (Å²) in [5, 5.41) is 2.48. The molecule has 1 N–H and O–H groups in total. The summed E-state index contributed by atoms with van der Waals surface area (Å²) in [7, 11) is 1.36. The van der Waals surface area contributed by atoms with Gasteiger partial charge in [0.15, 0.2) is 0 Å². The van der Waals surface area contributed by atoms with E-state index >= 15 is 0 Å². The summed E-state index contributed by atoms with van der Waals surface area (Å²) in [5.41, 5.74) is 8.31. The van der Waals surface area contributed by atoms with Crippen LogP contribution in [0.1, 0.15) is 33.6 Å². The number of carbonyl (C=O) groups is 3. The van der Waals surface area contributed by atoms with Gasteiger partial charge in [-0.25, -0.2) is 4.79 Å². The Hall–Kier alpha value is -2.09. The van der Waals surface area contributed by atoms with Gasteiger partial charge < -0.3 is 25.1 Å². The number of methoxy groups -OCH3 is 1. The number of carbonyl (C=O) groups excluding carboxylic acids is 3. The minimum Gasteiger partial charge on any atom is -0.462 e. The molecule has 9 heteroatoms. The van der Waals surface area contributed by atoms with Crippen molar-refractivity contribution in [2.24, 2.45) is 0 Å². The van der Waals surface area contributed by atoms with Crippen molar-refractivity contribution < 1.29 is 33.4 Å². The van der Waals surface area contributed by atoms with Crippen molar-refractivity contribution in [1.29, 1.82) is 0 Å². The molecule has 0 fully saturated rings. The number of ketones is 1. The lowest BCUT2D eigenvalue weighted by Crippen LogP contribution is -2.46. The summed E-state index contributed by atoms with van der Waals surface area (Å²) >= 11 is 0. The van der Waals surface area contributed by atoms with E-state index in [1.165, 1.54) is 14.0 Å². The summed E-state index contributed by atoms with van der Waals surface area (Å²) in [5.74, 6) is -1.65. The zero-order valence-electron chi connectivity index (χ0n) is 14.5. The van der Waals surface area contributed by atoms with Crippen LogP contribution in [0.3, 0.4) is 0 Å². The minimum atomic E-state index is -1.01. The molecule has 0 saturated carbocycles. The van der Waals surface area contributed by atoms with Gasteiger partial charge in [0.2, 0.25) is 11.7 Å². The first-order chi connectivity index (χ1) is 11.3. The van der Waals surface area contributed by atoms with E-state index in [9.17, 15) is 14.4 Å². The van der Waals surface area contributed by atoms with E-state index in [1.807, 2.05) is 13.8 Å². The van der Waals surface area contributed by atoms with Crippen molar-refractivity contribution in [3.8, 4) is 0 Å². The van der Waals surface area contributed by atoms with E-state index < -0.39 is 29.8 Å². The van der Waals surface area contributed by atoms with E-state index in [1.54, 1.807) is 0 Å². The van der Waals surface area contributed by atoms with Gasteiger partial charge >= 0.3 is 12.2 Å². The van der Waals surface area contributed by atoms with E-state index in [0.717, 1.165) is 6.21 Å². The molecule has 0 unspecified atom stereocenters. The van der Waals surface area contributed by atoms with Crippen molar-refractivity contribution in [1.82, 2.24) is 5.32 Å². The highest BCUT2D eigenvalue weighted by Crippen LogP contribution is 2.03. The van der Waals surface area contributed by atoms with Gasteiger partial charge in [-0.1, -0.05) is 0 Å². The average molecular weight is 343 g/mol. The number of nitrogens with one attached hydrogen (secondary N) is 1. The molecule has 0 aliphatic rings. The Morgan fingerprint density at radius 1 is 1.21 bits per heavy atom. The van der Waals surface area contributed by atoms with Crippen molar-refractivity contribution in [3.05, 3.63) is 5.53 Å².